The summed E-state index contributed by atoms with van der Waals surface area (Å²) in [5.74, 6) is -4.54. The van der Waals surface area contributed by atoms with Gasteiger partial charge < -0.3 is 5.11 Å². The molecule has 1 aromatic rings. The van der Waals surface area contributed by atoms with Gasteiger partial charge in [-0.1, -0.05) is 13.8 Å². The Labute approximate surface area is 109 Å². The first-order valence-electron chi connectivity index (χ1n) is 5.46. The highest BCUT2D eigenvalue weighted by molar-refractivity contribution is 7.89. The minimum absolute atomic E-state index is 0.279. The van der Waals surface area contributed by atoms with Crippen LogP contribution >= 0.6 is 0 Å². The number of benzene rings is 1. The predicted molar refractivity (Wildman–Crippen MR) is 62.3 cm³/mol. The smallest absolute Gasteiger partial charge is 0.246 e. The maximum Gasteiger partial charge on any atom is 0.246 e. The molecule has 0 bridgehead atoms. The Morgan fingerprint density at radius 1 is 1.21 bits per heavy atom. The van der Waals surface area contributed by atoms with E-state index in [1.807, 2.05) is 4.72 Å². The molecule has 108 valence electrons. The van der Waals surface area contributed by atoms with Gasteiger partial charge in [-0.05, 0) is 5.92 Å². The van der Waals surface area contributed by atoms with Crippen molar-refractivity contribution in [3.05, 3.63) is 29.6 Å². The Kier molecular flexibility index (Phi) is 4.94. The fourth-order valence-electron chi connectivity index (χ4n) is 1.43. The van der Waals surface area contributed by atoms with E-state index in [9.17, 15) is 21.6 Å². The lowest BCUT2D eigenvalue weighted by molar-refractivity contribution is 0.227. The Balaban J connectivity index is 3.21. The molecule has 0 heterocycles. The number of rotatable bonds is 5. The highest BCUT2D eigenvalue weighted by Gasteiger charge is 2.28. The summed E-state index contributed by atoms with van der Waals surface area (Å²) in [6.45, 7) is 2.73. The van der Waals surface area contributed by atoms with E-state index in [0.29, 0.717) is 0 Å². The van der Waals surface area contributed by atoms with Crippen LogP contribution in [0.15, 0.2) is 17.0 Å². The molecule has 0 fully saturated rings. The quantitative estimate of drug-likeness (QED) is 0.863. The molecule has 1 aromatic carbocycles. The molecule has 1 atom stereocenters. The summed E-state index contributed by atoms with van der Waals surface area (Å²) < 4.78 is 65.2. The number of aliphatic hydroxyl groups is 1. The number of aliphatic hydroxyl groups excluding tert-OH is 1. The van der Waals surface area contributed by atoms with Crippen LogP contribution in [-0.2, 0) is 10.0 Å². The number of sulfonamides is 1. The van der Waals surface area contributed by atoms with Gasteiger partial charge in [0, 0.05) is 18.2 Å². The van der Waals surface area contributed by atoms with E-state index in [1.54, 1.807) is 13.8 Å². The molecule has 0 radical (unpaired) electrons. The van der Waals surface area contributed by atoms with Crippen molar-refractivity contribution in [2.45, 2.75) is 24.8 Å². The molecule has 4 nitrogen and oxygen atoms in total. The van der Waals surface area contributed by atoms with Crippen LogP contribution in [0.5, 0.6) is 0 Å². The van der Waals surface area contributed by atoms with E-state index in [-0.39, 0.29) is 18.1 Å². The van der Waals surface area contributed by atoms with E-state index >= 15 is 0 Å². The van der Waals surface area contributed by atoms with Crippen molar-refractivity contribution < 1.29 is 26.7 Å². The molecule has 0 aliphatic rings. The summed E-state index contributed by atoms with van der Waals surface area (Å²) in [6, 6.07) is -0.337. The zero-order chi connectivity index (χ0) is 14.8. The molecule has 0 aromatic heterocycles. The monoisotopic (exact) mass is 297 g/mol. The van der Waals surface area contributed by atoms with Crippen LogP contribution in [0.4, 0.5) is 13.2 Å². The van der Waals surface area contributed by atoms with Crippen molar-refractivity contribution in [3.8, 4) is 0 Å². The molecule has 1 unspecified atom stereocenters. The highest BCUT2D eigenvalue weighted by atomic mass is 32.2. The average Bonchev–Trinajstić information content (AvgIpc) is 2.23. The van der Waals surface area contributed by atoms with Crippen LogP contribution in [0.25, 0.3) is 0 Å². The average molecular weight is 297 g/mol. The number of hydrogen-bond donors (Lipinski definition) is 2. The summed E-state index contributed by atoms with van der Waals surface area (Å²) in [7, 11) is -4.52. The summed E-state index contributed by atoms with van der Waals surface area (Å²) >= 11 is 0. The van der Waals surface area contributed by atoms with Crippen molar-refractivity contribution in [2.75, 3.05) is 6.61 Å². The summed E-state index contributed by atoms with van der Waals surface area (Å²) in [6.07, 6.45) is 0. The van der Waals surface area contributed by atoms with E-state index in [2.05, 4.69) is 0 Å². The van der Waals surface area contributed by atoms with Gasteiger partial charge in [-0.3, -0.25) is 0 Å². The number of nitrogens with one attached hydrogen (secondary N) is 1. The van der Waals surface area contributed by atoms with Crippen LogP contribution in [-0.4, -0.2) is 26.2 Å². The molecule has 0 spiro atoms. The first kappa shape index (κ1) is 15.9. The third-order valence-electron chi connectivity index (χ3n) is 2.54. The number of halogens is 3. The molecule has 0 aliphatic heterocycles. The molecule has 0 aliphatic carbocycles. The van der Waals surface area contributed by atoms with Crippen LogP contribution in [0, 0.1) is 23.4 Å². The summed E-state index contributed by atoms with van der Waals surface area (Å²) in [4.78, 5) is -1.26. The first-order chi connectivity index (χ1) is 8.69. The Bertz CT molecular complexity index is 537. The standard InChI is InChI=1S/C11H14F3NO3S/c1-6(2)10(5-16)15-19(17,18)11-8(13)3-7(12)4-9(11)14/h3-4,6,10,15-16H,5H2,1-2H3. The van der Waals surface area contributed by atoms with E-state index in [0.717, 1.165) is 0 Å². The largest absolute Gasteiger partial charge is 0.395 e. The molecule has 1 rings (SSSR count). The minimum atomic E-state index is -4.52. The van der Waals surface area contributed by atoms with Crippen molar-refractivity contribution in [2.24, 2.45) is 5.92 Å². The Hall–Kier alpha value is -1.12. The minimum Gasteiger partial charge on any atom is -0.395 e. The van der Waals surface area contributed by atoms with Gasteiger partial charge in [-0.15, -0.1) is 0 Å². The molecule has 2 N–H and O–H groups in total. The van der Waals surface area contributed by atoms with Crippen molar-refractivity contribution >= 4 is 10.0 Å². The van der Waals surface area contributed by atoms with E-state index in [4.69, 9.17) is 5.11 Å². The third-order valence-corrected chi connectivity index (χ3v) is 4.08. The first-order valence-corrected chi connectivity index (χ1v) is 6.95. The molecule has 0 saturated heterocycles. The van der Waals surface area contributed by atoms with Gasteiger partial charge in [-0.25, -0.2) is 26.3 Å². The second-order valence-corrected chi connectivity index (χ2v) is 6.00. The maximum absolute atomic E-state index is 13.4. The highest BCUT2D eigenvalue weighted by Crippen LogP contribution is 2.20. The van der Waals surface area contributed by atoms with Gasteiger partial charge in [0.05, 0.1) is 6.61 Å². The predicted octanol–water partition coefficient (Wildman–Crippen LogP) is 1.40. The lowest BCUT2D eigenvalue weighted by atomic mass is 10.1. The van der Waals surface area contributed by atoms with E-state index in [1.165, 1.54) is 0 Å². The van der Waals surface area contributed by atoms with Gasteiger partial charge in [0.25, 0.3) is 0 Å². The molecular weight excluding hydrogens is 283 g/mol. The normalized spacial score (nSPS) is 13.8. The van der Waals surface area contributed by atoms with Crippen LogP contribution < -0.4 is 4.72 Å². The second kappa shape index (κ2) is 5.89. The van der Waals surface area contributed by atoms with Gasteiger partial charge in [0.2, 0.25) is 10.0 Å². The van der Waals surface area contributed by atoms with Crippen LogP contribution in [0.3, 0.4) is 0 Å². The van der Waals surface area contributed by atoms with E-state index < -0.39 is 45.0 Å². The fraction of sp³-hybridized carbons (Fsp3) is 0.455. The Morgan fingerprint density at radius 3 is 2.05 bits per heavy atom. The van der Waals surface area contributed by atoms with Gasteiger partial charge >= 0.3 is 0 Å². The zero-order valence-electron chi connectivity index (χ0n) is 10.3. The van der Waals surface area contributed by atoms with Crippen molar-refractivity contribution in [3.63, 3.8) is 0 Å². The third kappa shape index (κ3) is 3.68. The lowest BCUT2D eigenvalue weighted by Crippen LogP contribution is -2.41. The van der Waals surface area contributed by atoms with Crippen molar-refractivity contribution in [1.82, 2.24) is 4.72 Å². The SMILES string of the molecule is CC(C)C(CO)NS(=O)(=O)c1c(F)cc(F)cc1F. The zero-order valence-corrected chi connectivity index (χ0v) is 11.1. The van der Waals surface area contributed by atoms with Gasteiger partial charge in [0.15, 0.2) is 4.90 Å². The summed E-state index contributed by atoms with van der Waals surface area (Å²) in [5, 5.41) is 9.01. The molecule has 0 amide bonds. The molecular formula is C11H14F3NO3S. The van der Waals surface area contributed by atoms with Gasteiger partial charge in [0.1, 0.15) is 17.5 Å². The summed E-state index contributed by atoms with van der Waals surface area (Å²) in [5.41, 5.74) is 0. The Morgan fingerprint density at radius 2 is 1.68 bits per heavy atom. The second-order valence-electron chi connectivity index (χ2n) is 4.35. The molecule has 8 heteroatoms. The molecule has 0 saturated carbocycles. The lowest BCUT2D eigenvalue weighted by Gasteiger charge is -2.20. The maximum atomic E-state index is 13.4. The van der Waals surface area contributed by atoms with Crippen molar-refractivity contribution in [1.29, 1.82) is 0 Å². The fourth-order valence-corrected chi connectivity index (χ4v) is 2.92. The van der Waals surface area contributed by atoms with Crippen LogP contribution in [0.2, 0.25) is 0 Å². The van der Waals surface area contributed by atoms with Crippen LogP contribution in [0.1, 0.15) is 13.8 Å². The van der Waals surface area contributed by atoms with Gasteiger partial charge in [-0.2, -0.15) is 0 Å². The number of hydrogen-bond acceptors (Lipinski definition) is 3. The molecule has 19 heavy (non-hydrogen) atoms. The topological polar surface area (TPSA) is 66.4 Å².